The van der Waals surface area contributed by atoms with Crippen LogP contribution in [0.1, 0.15) is 54.5 Å². The van der Waals surface area contributed by atoms with E-state index in [2.05, 4.69) is 16.6 Å². The summed E-state index contributed by atoms with van der Waals surface area (Å²) in [6.45, 7) is 1.92. The first kappa shape index (κ1) is 17.6. The van der Waals surface area contributed by atoms with E-state index in [9.17, 15) is 4.79 Å². The van der Waals surface area contributed by atoms with Gasteiger partial charge in [0.1, 0.15) is 5.82 Å². The minimum absolute atomic E-state index is 0.0466. The fourth-order valence-electron chi connectivity index (χ4n) is 4.98. The quantitative estimate of drug-likeness (QED) is 0.704. The van der Waals surface area contributed by atoms with Crippen molar-refractivity contribution in [3.63, 3.8) is 0 Å². The Morgan fingerprint density at radius 2 is 1.93 bits per heavy atom. The summed E-state index contributed by atoms with van der Waals surface area (Å²) in [7, 11) is 3.93. The van der Waals surface area contributed by atoms with Gasteiger partial charge in [0.2, 0.25) is 0 Å². The molecule has 1 fully saturated rings. The van der Waals surface area contributed by atoms with Gasteiger partial charge in [-0.15, -0.1) is 0 Å². The molecule has 1 saturated heterocycles. The topological polar surface area (TPSA) is 56.0 Å². The van der Waals surface area contributed by atoms with E-state index >= 15 is 0 Å². The number of rotatable bonds is 3. The largest absolute Gasteiger partial charge is 0.298 e. The van der Waals surface area contributed by atoms with Crippen molar-refractivity contribution in [3.8, 4) is 0 Å². The molecule has 0 saturated carbocycles. The summed E-state index contributed by atoms with van der Waals surface area (Å²) < 4.78 is 3.84. The Morgan fingerprint density at radius 1 is 1.11 bits per heavy atom. The first-order valence-corrected chi connectivity index (χ1v) is 10.4. The van der Waals surface area contributed by atoms with Gasteiger partial charge in [-0.2, -0.15) is 5.10 Å². The van der Waals surface area contributed by atoms with Gasteiger partial charge in [-0.05, 0) is 62.8 Å². The Labute approximate surface area is 164 Å². The minimum atomic E-state index is 0.0466. The second kappa shape index (κ2) is 6.85. The molecule has 0 bridgehead atoms. The highest BCUT2D eigenvalue weighted by Gasteiger charge is 2.31. The third-order valence-electron chi connectivity index (χ3n) is 6.48. The molecule has 0 amide bonds. The van der Waals surface area contributed by atoms with Crippen LogP contribution < -0.4 is 5.56 Å². The van der Waals surface area contributed by atoms with Crippen LogP contribution in [0.3, 0.4) is 0 Å². The van der Waals surface area contributed by atoms with E-state index in [0.29, 0.717) is 5.39 Å². The van der Waals surface area contributed by atoms with Gasteiger partial charge < -0.3 is 0 Å². The molecule has 1 aliphatic heterocycles. The molecule has 1 aliphatic carbocycles. The van der Waals surface area contributed by atoms with E-state index in [0.717, 1.165) is 50.1 Å². The summed E-state index contributed by atoms with van der Waals surface area (Å²) in [6, 6.07) is 7.84. The number of benzene rings is 1. The Kier molecular flexibility index (Phi) is 4.31. The van der Waals surface area contributed by atoms with Crippen molar-refractivity contribution < 1.29 is 0 Å². The molecule has 6 nitrogen and oxygen atoms in total. The van der Waals surface area contributed by atoms with Crippen molar-refractivity contribution in [2.24, 2.45) is 14.1 Å². The number of para-hydroxylation sites is 1. The second-order valence-corrected chi connectivity index (χ2v) is 8.18. The third kappa shape index (κ3) is 2.78. The zero-order valence-electron chi connectivity index (χ0n) is 16.7. The van der Waals surface area contributed by atoms with Gasteiger partial charge in [0.05, 0.1) is 28.3 Å². The first-order chi connectivity index (χ1) is 13.6. The van der Waals surface area contributed by atoms with Gasteiger partial charge in [0, 0.05) is 20.6 Å². The average Bonchev–Trinajstić information content (AvgIpc) is 3.29. The molecule has 28 heavy (non-hydrogen) atoms. The van der Waals surface area contributed by atoms with E-state index in [1.807, 2.05) is 31.3 Å². The van der Waals surface area contributed by atoms with Crippen molar-refractivity contribution in [1.82, 2.24) is 24.2 Å². The standard InChI is InChI=1S/C22H27N5O/c1-25-21(23-17-10-5-4-9-16(17)22(25)28)19-12-7-13-27(19)14-20-15-8-3-6-11-18(15)24-26(20)2/h4-5,9-10,19H,3,6-8,11-14H2,1-2H3. The summed E-state index contributed by atoms with van der Waals surface area (Å²) in [5.74, 6) is 0.886. The molecule has 2 aromatic heterocycles. The highest BCUT2D eigenvalue weighted by atomic mass is 16.1. The van der Waals surface area contributed by atoms with E-state index < -0.39 is 0 Å². The zero-order valence-corrected chi connectivity index (χ0v) is 16.7. The molecule has 146 valence electrons. The minimum Gasteiger partial charge on any atom is -0.298 e. The van der Waals surface area contributed by atoms with E-state index in [1.54, 1.807) is 4.57 Å². The summed E-state index contributed by atoms with van der Waals surface area (Å²) in [6.07, 6.45) is 6.93. The number of aromatic nitrogens is 4. The Morgan fingerprint density at radius 3 is 2.82 bits per heavy atom. The van der Waals surface area contributed by atoms with Crippen LogP contribution in [-0.2, 0) is 33.5 Å². The maximum atomic E-state index is 12.9. The Balaban J connectivity index is 1.52. The van der Waals surface area contributed by atoms with Crippen LogP contribution in [0, 0.1) is 0 Å². The predicted octanol–water partition coefficient (Wildman–Crippen LogP) is 2.88. The lowest BCUT2D eigenvalue weighted by Crippen LogP contribution is -2.31. The van der Waals surface area contributed by atoms with Crippen LogP contribution in [0.4, 0.5) is 0 Å². The summed E-state index contributed by atoms with van der Waals surface area (Å²) in [5.41, 5.74) is 4.93. The van der Waals surface area contributed by atoms with E-state index in [4.69, 9.17) is 10.1 Å². The van der Waals surface area contributed by atoms with E-state index in [1.165, 1.54) is 29.8 Å². The number of hydrogen-bond donors (Lipinski definition) is 0. The molecule has 3 heterocycles. The summed E-state index contributed by atoms with van der Waals surface area (Å²) in [4.78, 5) is 20.3. The molecule has 5 rings (SSSR count). The van der Waals surface area contributed by atoms with Crippen molar-refractivity contribution in [2.45, 2.75) is 51.1 Å². The van der Waals surface area contributed by atoms with Crippen molar-refractivity contribution in [2.75, 3.05) is 6.54 Å². The van der Waals surface area contributed by atoms with Crippen LogP contribution in [-0.4, -0.2) is 30.8 Å². The molecule has 1 unspecified atom stereocenters. The van der Waals surface area contributed by atoms with Gasteiger partial charge >= 0.3 is 0 Å². The predicted molar refractivity (Wildman–Crippen MR) is 109 cm³/mol. The monoisotopic (exact) mass is 377 g/mol. The molecular formula is C22H27N5O. The molecule has 1 atom stereocenters. The Bertz CT molecular complexity index is 1100. The van der Waals surface area contributed by atoms with Crippen LogP contribution in [0.15, 0.2) is 29.1 Å². The van der Waals surface area contributed by atoms with Crippen LogP contribution in [0.2, 0.25) is 0 Å². The molecule has 1 aromatic carbocycles. The third-order valence-corrected chi connectivity index (χ3v) is 6.48. The van der Waals surface area contributed by atoms with Crippen LogP contribution in [0.5, 0.6) is 0 Å². The van der Waals surface area contributed by atoms with Gasteiger partial charge in [0.15, 0.2) is 0 Å². The lowest BCUT2D eigenvalue weighted by atomic mass is 9.95. The number of nitrogens with zero attached hydrogens (tertiary/aromatic N) is 5. The van der Waals surface area contributed by atoms with Gasteiger partial charge in [-0.25, -0.2) is 4.98 Å². The fourth-order valence-corrected chi connectivity index (χ4v) is 4.98. The normalized spacial score (nSPS) is 20.0. The molecule has 2 aliphatic rings. The summed E-state index contributed by atoms with van der Waals surface area (Å²) >= 11 is 0. The lowest BCUT2D eigenvalue weighted by molar-refractivity contribution is 0.228. The molecule has 6 heteroatoms. The Hall–Kier alpha value is -2.47. The van der Waals surface area contributed by atoms with Crippen molar-refractivity contribution >= 4 is 10.9 Å². The lowest BCUT2D eigenvalue weighted by Gasteiger charge is -2.26. The number of fused-ring (bicyclic) bond motifs is 2. The van der Waals surface area contributed by atoms with Crippen LogP contribution in [0.25, 0.3) is 10.9 Å². The van der Waals surface area contributed by atoms with Gasteiger partial charge in [-0.3, -0.25) is 18.9 Å². The molecule has 0 N–H and O–H groups in total. The second-order valence-electron chi connectivity index (χ2n) is 8.18. The van der Waals surface area contributed by atoms with Crippen molar-refractivity contribution in [1.29, 1.82) is 0 Å². The number of hydrogen-bond acceptors (Lipinski definition) is 4. The maximum absolute atomic E-state index is 12.9. The molecule has 0 spiro atoms. The summed E-state index contributed by atoms with van der Waals surface area (Å²) in [5, 5.41) is 5.48. The maximum Gasteiger partial charge on any atom is 0.261 e. The van der Waals surface area contributed by atoms with Crippen molar-refractivity contribution in [3.05, 3.63) is 57.4 Å². The number of likely N-dealkylation sites (tertiary alicyclic amines) is 1. The highest BCUT2D eigenvalue weighted by Crippen LogP contribution is 2.34. The smallest absolute Gasteiger partial charge is 0.261 e. The average molecular weight is 377 g/mol. The van der Waals surface area contributed by atoms with Crippen LogP contribution >= 0.6 is 0 Å². The molecule has 3 aromatic rings. The first-order valence-electron chi connectivity index (χ1n) is 10.4. The van der Waals surface area contributed by atoms with Gasteiger partial charge in [-0.1, -0.05) is 12.1 Å². The molecule has 0 radical (unpaired) electrons. The number of aryl methyl sites for hydroxylation is 2. The van der Waals surface area contributed by atoms with E-state index in [-0.39, 0.29) is 11.6 Å². The zero-order chi connectivity index (χ0) is 19.3. The van der Waals surface area contributed by atoms with Gasteiger partial charge in [0.25, 0.3) is 5.56 Å². The highest BCUT2D eigenvalue weighted by molar-refractivity contribution is 5.77. The molecular weight excluding hydrogens is 350 g/mol. The SMILES string of the molecule is Cn1nc2c(c1CN1CCCC1c1nc3ccccc3c(=O)n1C)CCCC2. The fraction of sp³-hybridized carbons (Fsp3) is 0.500.